The van der Waals surface area contributed by atoms with Crippen LogP contribution in [0.2, 0.25) is 0 Å². The molecule has 1 amide bonds. The molecule has 0 aromatic carbocycles. The predicted octanol–water partition coefficient (Wildman–Crippen LogP) is 1.33. The van der Waals surface area contributed by atoms with Gasteiger partial charge in [-0.1, -0.05) is 12.1 Å². The molecule has 1 aromatic heterocycles. The van der Waals surface area contributed by atoms with E-state index in [1.807, 2.05) is 0 Å². The van der Waals surface area contributed by atoms with Gasteiger partial charge in [-0.3, -0.25) is 4.79 Å². The van der Waals surface area contributed by atoms with Gasteiger partial charge in [0.25, 0.3) is 0 Å². The molecule has 60 valence electrons. The monoisotopic (exact) mass is 154 g/mol. The van der Waals surface area contributed by atoms with E-state index in [2.05, 4.69) is 10.5 Å². The normalized spacial score (nSPS) is 9.64. The van der Waals surface area contributed by atoms with Crippen molar-refractivity contribution in [1.82, 2.24) is 5.16 Å². The number of amides is 1. The topological polar surface area (TPSA) is 55.1 Å². The third-order valence-corrected chi connectivity index (χ3v) is 1.22. The van der Waals surface area contributed by atoms with Gasteiger partial charge < -0.3 is 9.84 Å². The molecule has 0 fully saturated rings. The van der Waals surface area contributed by atoms with Crippen LogP contribution in [-0.4, -0.2) is 11.1 Å². The minimum Gasteiger partial charge on any atom is -0.360 e. The second-order valence-electron chi connectivity index (χ2n) is 2.22. The van der Waals surface area contributed by atoms with E-state index in [4.69, 9.17) is 4.52 Å². The van der Waals surface area contributed by atoms with Crippen LogP contribution in [0.3, 0.4) is 0 Å². The first-order valence-corrected chi connectivity index (χ1v) is 3.45. The summed E-state index contributed by atoms with van der Waals surface area (Å²) in [6.07, 6.45) is 0.450. The molecular weight excluding hydrogens is 144 g/mol. The number of carbonyl (C=O) groups is 1. The second kappa shape index (κ2) is 3.18. The highest BCUT2D eigenvalue weighted by Crippen LogP contribution is 2.06. The maximum absolute atomic E-state index is 10.8. The number of rotatable bonds is 2. The maximum atomic E-state index is 10.8. The number of hydrogen-bond donors (Lipinski definition) is 1. The van der Waals surface area contributed by atoms with Gasteiger partial charge in [-0.05, 0) is 6.92 Å². The lowest BCUT2D eigenvalue weighted by atomic mass is 10.4. The van der Waals surface area contributed by atoms with Crippen molar-refractivity contribution in [2.45, 2.75) is 20.3 Å². The fourth-order valence-electron chi connectivity index (χ4n) is 0.657. The molecular formula is C7H10N2O2. The SMILES string of the molecule is CCC(=O)Nc1cc(C)on1. The summed E-state index contributed by atoms with van der Waals surface area (Å²) < 4.78 is 4.75. The molecule has 1 rings (SSSR count). The Morgan fingerprint density at radius 3 is 3.00 bits per heavy atom. The molecule has 1 N–H and O–H groups in total. The largest absolute Gasteiger partial charge is 0.360 e. The van der Waals surface area contributed by atoms with Crippen LogP contribution < -0.4 is 5.32 Å². The van der Waals surface area contributed by atoms with Crippen molar-refractivity contribution >= 4 is 11.7 Å². The summed E-state index contributed by atoms with van der Waals surface area (Å²) in [6, 6.07) is 1.67. The second-order valence-corrected chi connectivity index (χ2v) is 2.22. The third-order valence-electron chi connectivity index (χ3n) is 1.22. The molecule has 4 heteroatoms. The number of anilines is 1. The molecule has 0 saturated heterocycles. The molecule has 0 aliphatic carbocycles. The van der Waals surface area contributed by atoms with Crippen LogP contribution in [-0.2, 0) is 4.79 Å². The molecule has 1 heterocycles. The van der Waals surface area contributed by atoms with Crippen LogP contribution in [0.4, 0.5) is 5.82 Å². The van der Waals surface area contributed by atoms with E-state index < -0.39 is 0 Å². The van der Waals surface area contributed by atoms with Crippen LogP contribution in [0.1, 0.15) is 19.1 Å². The lowest BCUT2D eigenvalue weighted by Gasteiger charge is -1.94. The average molecular weight is 154 g/mol. The molecule has 1 aromatic rings. The van der Waals surface area contributed by atoms with Gasteiger partial charge in [-0.25, -0.2) is 0 Å². The Morgan fingerprint density at radius 2 is 2.55 bits per heavy atom. The van der Waals surface area contributed by atoms with Crippen molar-refractivity contribution in [1.29, 1.82) is 0 Å². The molecule has 0 aliphatic heterocycles. The van der Waals surface area contributed by atoms with Crippen LogP contribution >= 0.6 is 0 Å². The van der Waals surface area contributed by atoms with E-state index in [9.17, 15) is 4.79 Å². The van der Waals surface area contributed by atoms with E-state index in [0.717, 1.165) is 0 Å². The molecule has 0 saturated carbocycles. The molecule has 4 nitrogen and oxygen atoms in total. The van der Waals surface area contributed by atoms with Gasteiger partial charge in [-0.2, -0.15) is 0 Å². The summed E-state index contributed by atoms with van der Waals surface area (Å²) in [6.45, 7) is 3.55. The standard InChI is InChI=1S/C7H10N2O2/c1-3-7(10)8-6-4-5(2)11-9-6/h4H,3H2,1-2H3,(H,8,9,10). The summed E-state index contributed by atoms with van der Waals surface area (Å²) in [5, 5.41) is 6.17. The van der Waals surface area contributed by atoms with Crippen LogP contribution in [0.15, 0.2) is 10.6 Å². The number of carbonyl (C=O) groups excluding carboxylic acids is 1. The molecule has 0 atom stereocenters. The molecule has 0 radical (unpaired) electrons. The minimum absolute atomic E-state index is 0.0571. The Hall–Kier alpha value is -1.32. The van der Waals surface area contributed by atoms with Crippen molar-refractivity contribution in [3.63, 3.8) is 0 Å². The number of hydrogen-bond acceptors (Lipinski definition) is 3. The lowest BCUT2D eigenvalue weighted by molar-refractivity contribution is -0.115. The van der Waals surface area contributed by atoms with Gasteiger partial charge in [0.2, 0.25) is 5.91 Å². The predicted molar refractivity (Wildman–Crippen MR) is 40.2 cm³/mol. The number of aromatic nitrogens is 1. The van der Waals surface area contributed by atoms with Gasteiger partial charge in [0.15, 0.2) is 5.82 Å². The molecule has 0 spiro atoms. The Balaban J connectivity index is 2.57. The first-order chi connectivity index (χ1) is 5.22. The highest BCUT2D eigenvalue weighted by molar-refractivity contribution is 5.89. The van der Waals surface area contributed by atoms with Crippen molar-refractivity contribution < 1.29 is 9.32 Å². The minimum atomic E-state index is -0.0571. The highest BCUT2D eigenvalue weighted by atomic mass is 16.5. The van der Waals surface area contributed by atoms with Crippen LogP contribution in [0, 0.1) is 6.92 Å². The zero-order valence-electron chi connectivity index (χ0n) is 6.55. The summed E-state index contributed by atoms with van der Waals surface area (Å²) >= 11 is 0. The number of aryl methyl sites for hydroxylation is 1. The molecule has 0 aliphatic rings. The molecule has 0 unspecified atom stereocenters. The smallest absolute Gasteiger partial charge is 0.225 e. The van der Waals surface area contributed by atoms with Gasteiger partial charge in [-0.15, -0.1) is 0 Å². The Bertz CT molecular complexity index is 255. The summed E-state index contributed by atoms with van der Waals surface area (Å²) in [7, 11) is 0. The zero-order chi connectivity index (χ0) is 8.27. The van der Waals surface area contributed by atoms with E-state index in [1.165, 1.54) is 0 Å². The van der Waals surface area contributed by atoms with Crippen LogP contribution in [0.5, 0.6) is 0 Å². The van der Waals surface area contributed by atoms with Gasteiger partial charge in [0, 0.05) is 12.5 Å². The average Bonchev–Trinajstić information content (AvgIpc) is 2.35. The summed E-state index contributed by atoms with van der Waals surface area (Å²) in [4.78, 5) is 10.8. The highest BCUT2D eigenvalue weighted by Gasteiger charge is 2.02. The van der Waals surface area contributed by atoms with Crippen LogP contribution in [0.25, 0.3) is 0 Å². The summed E-state index contributed by atoms with van der Waals surface area (Å²) in [5.74, 6) is 1.11. The zero-order valence-corrected chi connectivity index (χ0v) is 6.55. The van der Waals surface area contributed by atoms with E-state index in [0.29, 0.717) is 18.0 Å². The fourth-order valence-corrected chi connectivity index (χ4v) is 0.657. The molecule has 11 heavy (non-hydrogen) atoms. The van der Waals surface area contributed by atoms with E-state index >= 15 is 0 Å². The fraction of sp³-hybridized carbons (Fsp3) is 0.429. The van der Waals surface area contributed by atoms with E-state index in [1.54, 1.807) is 19.9 Å². The first-order valence-electron chi connectivity index (χ1n) is 3.45. The third kappa shape index (κ3) is 2.07. The van der Waals surface area contributed by atoms with E-state index in [-0.39, 0.29) is 5.91 Å². The Kier molecular flexibility index (Phi) is 2.25. The van der Waals surface area contributed by atoms with Crippen molar-refractivity contribution in [2.75, 3.05) is 5.32 Å². The van der Waals surface area contributed by atoms with Gasteiger partial charge >= 0.3 is 0 Å². The van der Waals surface area contributed by atoms with Gasteiger partial charge in [0.1, 0.15) is 5.76 Å². The van der Waals surface area contributed by atoms with Crippen molar-refractivity contribution in [2.24, 2.45) is 0 Å². The first kappa shape index (κ1) is 7.78. The quantitative estimate of drug-likeness (QED) is 0.699. The summed E-state index contributed by atoms with van der Waals surface area (Å²) in [5.41, 5.74) is 0. The molecule has 0 bridgehead atoms. The maximum Gasteiger partial charge on any atom is 0.225 e. The van der Waals surface area contributed by atoms with Crippen molar-refractivity contribution in [3.05, 3.63) is 11.8 Å². The van der Waals surface area contributed by atoms with Gasteiger partial charge in [0.05, 0.1) is 0 Å². The number of nitrogens with one attached hydrogen (secondary N) is 1. The van der Waals surface area contributed by atoms with Crippen molar-refractivity contribution in [3.8, 4) is 0 Å². The lowest BCUT2D eigenvalue weighted by Crippen LogP contribution is -2.09. The Morgan fingerprint density at radius 1 is 1.82 bits per heavy atom. The Labute approximate surface area is 64.6 Å². The number of nitrogens with zero attached hydrogens (tertiary/aromatic N) is 1.